The lowest BCUT2D eigenvalue weighted by molar-refractivity contribution is -0.274. The molecule has 13 heteroatoms. The van der Waals surface area contributed by atoms with E-state index in [0.717, 1.165) is 40.2 Å². The third kappa shape index (κ3) is 8.47. The summed E-state index contributed by atoms with van der Waals surface area (Å²) in [7, 11) is 1.65. The van der Waals surface area contributed by atoms with Crippen molar-refractivity contribution in [2.75, 3.05) is 7.11 Å². The minimum atomic E-state index is -4.75. The van der Waals surface area contributed by atoms with E-state index >= 15 is 0 Å². The number of halogens is 3. The molecule has 1 N–H and O–H groups in total. The van der Waals surface area contributed by atoms with Gasteiger partial charge in [0.25, 0.3) is 0 Å². The molecular formula is C34H35F3N6O3S. The second-order valence-corrected chi connectivity index (χ2v) is 12.2. The maximum Gasteiger partial charge on any atom is 0.573 e. The number of methoxy groups -OCH3 is 1. The van der Waals surface area contributed by atoms with Gasteiger partial charge in [-0.15, -0.1) is 29.6 Å². The minimum Gasteiger partial charge on any atom is -0.497 e. The molecule has 47 heavy (non-hydrogen) atoms. The van der Waals surface area contributed by atoms with Crippen LogP contribution in [0.1, 0.15) is 49.9 Å². The number of amides is 2. The average molecular weight is 665 g/mol. The van der Waals surface area contributed by atoms with Crippen molar-refractivity contribution in [3.05, 3.63) is 100 Å². The molecule has 5 rings (SSSR count). The van der Waals surface area contributed by atoms with E-state index in [2.05, 4.69) is 39.0 Å². The van der Waals surface area contributed by atoms with E-state index < -0.39 is 12.4 Å². The van der Waals surface area contributed by atoms with Crippen LogP contribution in [0.5, 0.6) is 11.5 Å². The molecule has 1 unspecified atom stereocenters. The molecule has 0 bridgehead atoms. The molecule has 2 aromatic heterocycles. The summed E-state index contributed by atoms with van der Waals surface area (Å²) in [6.07, 6.45) is -1.81. The molecule has 0 fully saturated rings. The standard InChI is InChI=1S/C34H35F3N6O3S/c1-21(2)29-18-28(45-5)16-17-30(29)43-23(4)19-47-33(43)40-32(44)39-22(3)6-7-24-8-10-25(11-9-24)31-38-20-42(41-31)26-12-14-27(15-13-26)46-34(35,36)37/h8-22H,6-7H2,1-5H3,(H,39,44)/b40-33-. The molecule has 0 saturated carbocycles. The van der Waals surface area contributed by atoms with Crippen molar-refractivity contribution in [2.24, 2.45) is 4.99 Å². The Hall–Kier alpha value is -4.91. The predicted molar refractivity (Wildman–Crippen MR) is 174 cm³/mol. The first kappa shape index (κ1) is 33.5. The van der Waals surface area contributed by atoms with Crippen molar-refractivity contribution in [2.45, 2.75) is 58.9 Å². The van der Waals surface area contributed by atoms with Crippen molar-refractivity contribution in [3.8, 4) is 34.3 Å². The molecule has 9 nitrogen and oxygen atoms in total. The molecule has 2 heterocycles. The van der Waals surface area contributed by atoms with Crippen molar-refractivity contribution in [1.29, 1.82) is 0 Å². The number of hydrogen-bond donors (Lipinski definition) is 1. The lowest BCUT2D eigenvalue weighted by Crippen LogP contribution is -2.32. The number of ether oxygens (including phenoxy) is 2. The topological polar surface area (TPSA) is 95.6 Å². The Kier molecular flexibility index (Phi) is 10.1. The zero-order valence-electron chi connectivity index (χ0n) is 26.6. The molecule has 246 valence electrons. The number of rotatable bonds is 10. The number of aryl methyl sites for hydroxylation is 2. The number of carbonyl (C=O) groups is 1. The molecule has 0 spiro atoms. The van der Waals surface area contributed by atoms with E-state index in [1.807, 2.05) is 66.3 Å². The lowest BCUT2D eigenvalue weighted by atomic mass is 10.0. The van der Waals surface area contributed by atoms with E-state index in [1.165, 1.54) is 46.6 Å². The summed E-state index contributed by atoms with van der Waals surface area (Å²) in [5.41, 5.74) is 5.48. The Balaban J connectivity index is 1.19. The summed E-state index contributed by atoms with van der Waals surface area (Å²) in [5, 5.41) is 9.43. The van der Waals surface area contributed by atoms with E-state index in [4.69, 9.17) is 4.74 Å². The highest BCUT2D eigenvalue weighted by atomic mass is 32.1. The average Bonchev–Trinajstić information content (AvgIpc) is 3.66. The molecular weight excluding hydrogens is 629 g/mol. The van der Waals surface area contributed by atoms with E-state index in [-0.39, 0.29) is 17.7 Å². The monoisotopic (exact) mass is 664 g/mol. The van der Waals surface area contributed by atoms with Gasteiger partial charge in [0.2, 0.25) is 0 Å². The van der Waals surface area contributed by atoms with E-state index in [1.54, 1.807) is 7.11 Å². The number of nitrogens with one attached hydrogen (secondary N) is 1. The molecule has 3 aromatic carbocycles. The van der Waals surface area contributed by atoms with Gasteiger partial charge in [0, 0.05) is 22.7 Å². The van der Waals surface area contributed by atoms with E-state index in [9.17, 15) is 18.0 Å². The third-order valence-corrected chi connectivity index (χ3v) is 8.39. The summed E-state index contributed by atoms with van der Waals surface area (Å²) < 4.78 is 50.1. The van der Waals surface area contributed by atoms with E-state index in [0.29, 0.717) is 22.7 Å². The molecule has 2 amide bonds. The molecule has 0 radical (unpaired) electrons. The first-order valence-electron chi connectivity index (χ1n) is 15.0. The van der Waals surface area contributed by atoms with Gasteiger partial charge in [0.1, 0.15) is 17.8 Å². The van der Waals surface area contributed by atoms with Crippen LogP contribution in [0.4, 0.5) is 18.0 Å². The zero-order valence-corrected chi connectivity index (χ0v) is 27.4. The van der Waals surface area contributed by atoms with Gasteiger partial charge < -0.3 is 14.8 Å². The van der Waals surface area contributed by atoms with Crippen molar-refractivity contribution < 1.29 is 27.4 Å². The number of carbonyl (C=O) groups excluding carboxylic acids is 1. The van der Waals surface area contributed by atoms with Crippen LogP contribution in [0.3, 0.4) is 0 Å². The minimum absolute atomic E-state index is 0.113. The van der Waals surface area contributed by atoms with Crippen LogP contribution in [-0.2, 0) is 6.42 Å². The highest BCUT2D eigenvalue weighted by Gasteiger charge is 2.31. The molecule has 0 aliphatic carbocycles. The first-order chi connectivity index (χ1) is 22.4. The normalized spacial score (nSPS) is 12.7. The summed E-state index contributed by atoms with van der Waals surface area (Å²) >= 11 is 1.42. The first-order valence-corrected chi connectivity index (χ1v) is 15.9. The van der Waals surface area contributed by atoms with Crippen molar-refractivity contribution in [1.82, 2.24) is 24.6 Å². The summed E-state index contributed by atoms with van der Waals surface area (Å²) in [5.74, 6) is 1.19. The van der Waals surface area contributed by atoms with Gasteiger partial charge in [-0.25, -0.2) is 14.5 Å². The van der Waals surface area contributed by atoms with Gasteiger partial charge in [-0.3, -0.25) is 4.57 Å². The molecule has 1 atom stereocenters. The predicted octanol–water partition coefficient (Wildman–Crippen LogP) is 7.76. The number of urea groups is 1. The van der Waals surface area contributed by atoms with Gasteiger partial charge in [0.05, 0.1) is 18.5 Å². The number of aromatic nitrogens is 4. The maximum atomic E-state index is 13.0. The fourth-order valence-electron chi connectivity index (χ4n) is 5.02. The Morgan fingerprint density at radius 2 is 1.72 bits per heavy atom. The Morgan fingerprint density at radius 3 is 2.38 bits per heavy atom. The van der Waals surface area contributed by atoms with Crippen molar-refractivity contribution >= 4 is 17.4 Å². The summed E-state index contributed by atoms with van der Waals surface area (Å²) in [4.78, 5) is 22.3. The Morgan fingerprint density at radius 1 is 1.02 bits per heavy atom. The Labute approximate surface area is 274 Å². The van der Waals surface area contributed by atoms with Crippen molar-refractivity contribution in [3.63, 3.8) is 0 Å². The lowest BCUT2D eigenvalue weighted by Gasteiger charge is -2.16. The van der Waals surface area contributed by atoms with Crippen LogP contribution < -0.4 is 19.6 Å². The fourth-order valence-corrected chi connectivity index (χ4v) is 5.88. The number of thiazole rings is 1. The van der Waals surface area contributed by atoms with Crippen LogP contribution in [0.15, 0.2) is 83.4 Å². The second-order valence-electron chi connectivity index (χ2n) is 11.3. The molecule has 5 aromatic rings. The third-order valence-electron chi connectivity index (χ3n) is 7.45. The van der Waals surface area contributed by atoms with Gasteiger partial charge in [-0.1, -0.05) is 38.1 Å². The fraction of sp³-hybridized carbons (Fsp3) is 0.294. The molecule has 0 saturated heterocycles. The number of alkyl halides is 3. The highest BCUT2D eigenvalue weighted by Crippen LogP contribution is 2.28. The molecule has 0 aliphatic heterocycles. The van der Waals surface area contributed by atoms with Gasteiger partial charge in [-0.2, -0.15) is 4.99 Å². The van der Waals surface area contributed by atoms with Gasteiger partial charge in [-0.05, 0) is 86.2 Å². The molecule has 0 aliphatic rings. The highest BCUT2D eigenvalue weighted by molar-refractivity contribution is 7.07. The second kappa shape index (κ2) is 14.2. The smallest absolute Gasteiger partial charge is 0.497 e. The zero-order chi connectivity index (χ0) is 33.7. The number of benzene rings is 3. The van der Waals surface area contributed by atoms with Crippen LogP contribution in [0, 0.1) is 6.92 Å². The Bertz CT molecular complexity index is 1890. The van der Waals surface area contributed by atoms with Crippen LogP contribution in [0.25, 0.3) is 22.8 Å². The summed E-state index contributed by atoms with van der Waals surface area (Å²) in [6, 6.07) is 18.6. The van der Waals surface area contributed by atoms with Crippen LogP contribution in [-0.4, -0.2) is 44.9 Å². The summed E-state index contributed by atoms with van der Waals surface area (Å²) in [6.45, 7) is 8.19. The largest absolute Gasteiger partial charge is 0.573 e. The number of hydrogen-bond acceptors (Lipinski definition) is 6. The van der Waals surface area contributed by atoms with Gasteiger partial charge in [0.15, 0.2) is 10.6 Å². The van der Waals surface area contributed by atoms with Crippen LogP contribution >= 0.6 is 11.3 Å². The maximum absolute atomic E-state index is 13.0. The van der Waals surface area contributed by atoms with Gasteiger partial charge >= 0.3 is 12.4 Å². The quantitative estimate of drug-likeness (QED) is 0.165. The van der Waals surface area contributed by atoms with Crippen LogP contribution in [0.2, 0.25) is 0 Å². The number of nitrogens with zero attached hydrogens (tertiary/aromatic N) is 5. The SMILES string of the molecule is COc1ccc(-n2c(C)cs/c2=N\C(=O)NC(C)CCc2ccc(-c3ncn(-c4ccc(OC(F)(F)F)cc4)n3)cc2)c(C(C)C)c1.